The fourth-order valence-corrected chi connectivity index (χ4v) is 4.68. The third-order valence-corrected chi connectivity index (χ3v) is 5.59. The molecule has 2 atom stereocenters. The van der Waals surface area contributed by atoms with Gasteiger partial charge in [0.1, 0.15) is 5.82 Å². The van der Waals surface area contributed by atoms with E-state index in [-0.39, 0.29) is 5.82 Å². The first-order chi connectivity index (χ1) is 10.3. The Morgan fingerprint density at radius 3 is 3.14 bits per heavy atom. The second kappa shape index (κ2) is 5.55. The van der Waals surface area contributed by atoms with Crippen molar-refractivity contribution in [3.05, 3.63) is 36.4 Å². The Morgan fingerprint density at radius 1 is 1.29 bits per heavy atom. The Kier molecular flexibility index (Phi) is 3.57. The Labute approximate surface area is 128 Å². The predicted molar refractivity (Wildman–Crippen MR) is 83.6 cm³/mol. The van der Waals surface area contributed by atoms with Gasteiger partial charge in [0.15, 0.2) is 0 Å². The number of aromatic nitrogens is 1. The fraction of sp³-hybridized carbons (Fsp3) is 0.438. The minimum atomic E-state index is -0.231. The summed E-state index contributed by atoms with van der Waals surface area (Å²) in [6.07, 6.45) is 5.61. The van der Waals surface area contributed by atoms with Gasteiger partial charge in [0.05, 0.1) is 6.20 Å². The van der Waals surface area contributed by atoms with Gasteiger partial charge in [-0.15, -0.1) is 0 Å². The van der Waals surface area contributed by atoms with E-state index in [9.17, 15) is 4.39 Å². The molecule has 2 aliphatic heterocycles. The van der Waals surface area contributed by atoms with E-state index in [2.05, 4.69) is 14.6 Å². The zero-order valence-electron chi connectivity index (χ0n) is 11.8. The average Bonchev–Trinajstić information content (AvgIpc) is 2.90. The molecule has 0 aliphatic carbocycles. The number of nitrogens with zero attached hydrogens (tertiary/aromatic N) is 2. The SMILES string of the molecule is Fc1cncc2cccc(SN3CC4CCCNC4C3)c12. The number of hydrogen-bond donors (Lipinski definition) is 1. The van der Waals surface area contributed by atoms with Crippen molar-refractivity contribution in [3.8, 4) is 0 Å². The molecule has 1 N–H and O–H groups in total. The molecule has 3 heterocycles. The standard InChI is InChI=1S/C16H18FN3S/c17-13-8-18-7-11-3-1-5-15(16(11)13)21-20-9-12-4-2-6-19-14(12)10-20/h1,3,5,7-8,12,14,19H,2,4,6,9-10H2. The van der Waals surface area contributed by atoms with Crippen LogP contribution in [-0.2, 0) is 0 Å². The van der Waals surface area contributed by atoms with Gasteiger partial charge in [0.25, 0.3) is 0 Å². The molecule has 2 fully saturated rings. The van der Waals surface area contributed by atoms with E-state index in [0.29, 0.717) is 11.4 Å². The van der Waals surface area contributed by atoms with E-state index in [0.717, 1.165) is 35.8 Å². The Balaban J connectivity index is 1.60. The summed E-state index contributed by atoms with van der Waals surface area (Å²) < 4.78 is 16.5. The number of pyridine rings is 1. The van der Waals surface area contributed by atoms with E-state index in [1.807, 2.05) is 18.2 Å². The molecule has 1 aromatic heterocycles. The maximum atomic E-state index is 14.1. The molecule has 1 aromatic carbocycles. The summed E-state index contributed by atoms with van der Waals surface area (Å²) in [4.78, 5) is 4.93. The first-order valence-electron chi connectivity index (χ1n) is 7.50. The van der Waals surface area contributed by atoms with Crippen LogP contribution >= 0.6 is 11.9 Å². The lowest BCUT2D eigenvalue weighted by Gasteiger charge is -2.24. The van der Waals surface area contributed by atoms with Crippen molar-refractivity contribution in [1.29, 1.82) is 0 Å². The first-order valence-corrected chi connectivity index (χ1v) is 8.27. The quantitative estimate of drug-likeness (QED) is 0.863. The van der Waals surface area contributed by atoms with Gasteiger partial charge in [-0.2, -0.15) is 0 Å². The second-order valence-electron chi connectivity index (χ2n) is 5.88. The van der Waals surface area contributed by atoms with Crippen molar-refractivity contribution in [1.82, 2.24) is 14.6 Å². The van der Waals surface area contributed by atoms with Crippen LogP contribution in [0.2, 0.25) is 0 Å². The molecule has 2 saturated heterocycles. The molecule has 4 rings (SSSR count). The Bertz CT molecular complexity index is 644. The van der Waals surface area contributed by atoms with Gasteiger partial charge in [0, 0.05) is 41.0 Å². The van der Waals surface area contributed by atoms with Gasteiger partial charge >= 0.3 is 0 Å². The lowest BCUT2D eigenvalue weighted by atomic mass is 9.94. The summed E-state index contributed by atoms with van der Waals surface area (Å²) in [7, 11) is 0. The summed E-state index contributed by atoms with van der Waals surface area (Å²) in [6, 6.07) is 6.51. The number of halogens is 1. The Hall–Kier alpha value is -1.17. The van der Waals surface area contributed by atoms with Crippen molar-refractivity contribution in [2.24, 2.45) is 5.92 Å². The third kappa shape index (κ3) is 2.54. The van der Waals surface area contributed by atoms with Crippen LogP contribution in [0.15, 0.2) is 35.5 Å². The summed E-state index contributed by atoms with van der Waals surface area (Å²) in [6.45, 7) is 3.26. The molecule has 0 spiro atoms. The van der Waals surface area contributed by atoms with E-state index in [1.165, 1.54) is 19.0 Å². The highest BCUT2D eigenvalue weighted by Crippen LogP contribution is 2.36. The molecule has 21 heavy (non-hydrogen) atoms. The van der Waals surface area contributed by atoms with Crippen molar-refractivity contribution < 1.29 is 4.39 Å². The topological polar surface area (TPSA) is 28.2 Å². The molecule has 0 radical (unpaired) electrons. The van der Waals surface area contributed by atoms with Gasteiger partial charge in [-0.05, 0) is 43.3 Å². The lowest BCUT2D eigenvalue weighted by Crippen LogP contribution is -2.40. The maximum Gasteiger partial charge on any atom is 0.150 e. The van der Waals surface area contributed by atoms with Crippen LogP contribution in [0.1, 0.15) is 12.8 Å². The summed E-state index contributed by atoms with van der Waals surface area (Å²) in [5.41, 5.74) is 0. The minimum Gasteiger partial charge on any atom is -0.312 e. The molecule has 2 unspecified atom stereocenters. The van der Waals surface area contributed by atoms with E-state index in [4.69, 9.17) is 0 Å². The van der Waals surface area contributed by atoms with E-state index < -0.39 is 0 Å². The first kappa shape index (κ1) is 13.5. The monoisotopic (exact) mass is 303 g/mol. The van der Waals surface area contributed by atoms with Crippen LogP contribution < -0.4 is 5.32 Å². The predicted octanol–water partition coefficient (Wildman–Crippen LogP) is 3.06. The van der Waals surface area contributed by atoms with E-state index >= 15 is 0 Å². The number of hydrogen-bond acceptors (Lipinski definition) is 4. The van der Waals surface area contributed by atoms with Crippen molar-refractivity contribution >= 4 is 22.7 Å². The van der Waals surface area contributed by atoms with Crippen molar-refractivity contribution in [2.75, 3.05) is 19.6 Å². The zero-order chi connectivity index (χ0) is 14.2. The van der Waals surface area contributed by atoms with Crippen LogP contribution in [0, 0.1) is 11.7 Å². The number of nitrogens with one attached hydrogen (secondary N) is 1. The van der Waals surface area contributed by atoms with Crippen LogP contribution in [-0.4, -0.2) is 35.0 Å². The van der Waals surface area contributed by atoms with Crippen molar-refractivity contribution in [2.45, 2.75) is 23.8 Å². The molecular weight excluding hydrogens is 285 g/mol. The number of benzene rings is 1. The van der Waals surface area contributed by atoms with Gasteiger partial charge in [-0.3, -0.25) is 4.98 Å². The van der Waals surface area contributed by atoms with Gasteiger partial charge in [-0.25, -0.2) is 8.70 Å². The van der Waals surface area contributed by atoms with Crippen LogP contribution in [0.5, 0.6) is 0 Å². The smallest absolute Gasteiger partial charge is 0.150 e. The largest absolute Gasteiger partial charge is 0.312 e. The molecule has 2 aliphatic rings. The number of fused-ring (bicyclic) bond motifs is 2. The molecule has 110 valence electrons. The average molecular weight is 303 g/mol. The highest BCUT2D eigenvalue weighted by Gasteiger charge is 2.34. The molecule has 5 heteroatoms. The fourth-order valence-electron chi connectivity index (χ4n) is 3.46. The maximum absolute atomic E-state index is 14.1. The van der Waals surface area contributed by atoms with Crippen molar-refractivity contribution in [3.63, 3.8) is 0 Å². The van der Waals surface area contributed by atoms with Crippen LogP contribution in [0.25, 0.3) is 10.8 Å². The van der Waals surface area contributed by atoms with Crippen LogP contribution in [0.4, 0.5) is 4.39 Å². The molecule has 2 aromatic rings. The molecule has 0 bridgehead atoms. The summed E-state index contributed by atoms with van der Waals surface area (Å²) in [5, 5.41) is 5.17. The number of piperidine rings is 1. The summed E-state index contributed by atoms with van der Waals surface area (Å²) in [5.74, 6) is 0.512. The van der Waals surface area contributed by atoms with Gasteiger partial charge < -0.3 is 5.32 Å². The minimum absolute atomic E-state index is 0.231. The molecule has 0 saturated carbocycles. The second-order valence-corrected chi connectivity index (χ2v) is 7.02. The highest BCUT2D eigenvalue weighted by molar-refractivity contribution is 7.97. The number of rotatable bonds is 2. The van der Waals surface area contributed by atoms with Gasteiger partial charge in [0.2, 0.25) is 0 Å². The lowest BCUT2D eigenvalue weighted by molar-refractivity contribution is 0.339. The normalized spacial score (nSPS) is 26.1. The van der Waals surface area contributed by atoms with Gasteiger partial charge in [-0.1, -0.05) is 12.1 Å². The Morgan fingerprint density at radius 2 is 2.24 bits per heavy atom. The zero-order valence-corrected chi connectivity index (χ0v) is 12.6. The van der Waals surface area contributed by atoms with Crippen LogP contribution in [0.3, 0.4) is 0 Å². The molecule has 3 nitrogen and oxygen atoms in total. The van der Waals surface area contributed by atoms with E-state index in [1.54, 1.807) is 18.1 Å². The summed E-state index contributed by atoms with van der Waals surface area (Å²) >= 11 is 1.69. The molecular formula is C16H18FN3S. The molecule has 0 amide bonds. The third-order valence-electron chi connectivity index (χ3n) is 4.49. The highest BCUT2D eigenvalue weighted by atomic mass is 32.2.